The highest BCUT2D eigenvalue weighted by atomic mass is 35.5. The van der Waals surface area contributed by atoms with Crippen molar-refractivity contribution in [1.82, 2.24) is 4.98 Å². The van der Waals surface area contributed by atoms with Crippen molar-refractivity contribution in [2.75, 3.05) is 11.3 Å². The number of carbonyl (C=O) groups is 1. The summed E-state index contributed by atoms with van der Waals surface area (Å²) in [6.07, 6.45) is 1.75. The van der Waals surface area contributed by atoms with Crippen LogP contribution < -0.4 is 9.97 Å². The van der Waals surface area contributed by atoms with E-state index in [1.54, 1.807) is 6.20 Å². The summed E-state index contributed by atoms with van der Waals surface area (Å²) in [6.45, 7) is 12.4. The zero-order valence-corrected chi connectivity index (χ0v) is 25.4. The molecule has 3 heterocycles. The van der Waals surface area contributed by atoms with Crippen molar-refractivity contribution < 1.29 is 14.3 Å². The lowest BCUT2D eigenvalue weighted by molar-refractivity contribution is 0.0703. The number of thiophene rings is 1. The van der Waals surface area contributed by atoms with Crippen molar-refractivity contribution in [3.05, 3.63) is 88.4 Å². The number of aryl methyl sites for hydroxylation is 1. The van der Waals surface area contributed by atoms with Crippen LogP contribution in [0.1, 0.15) is 42.9 Å². The zero-order chi connectivity index (χ0) is 28.3. The predicted octanol–water partition coefficient (Wildman–Crippen LogP) is 9.48. The first kappa shape index (κ1) is 28.8. The van der Waals surface area contributed by atoms with Crippen LogP contribution in [0.4, 0.5) is 5.69 Å². The number of nitrogens with zero attached hydrogens (tertiary/aromatic N) is 2. The third-order valence-electron chi connectivity index (χ3n) is 6.21. The van der Waals surface area contributed by atoms with Crippen LogP contribution in [0.25, 0.3) is 32.9 Å². The molecule has 5 nitrogen and oxygen atoms in total. The van der Waals surface area contributed by atoms with Gasteiger partial charge in [0.05, 0.1) is 5.69 Å². The number of carboxylic acids is 1. The molecule has 5 aromatic rings. The number of hydrogen-bond donors (Lipinski definition) is 1. The van der Waals surface area contributed by atoms with Gasteiger partial charge in [-0.25, -0.2) is 4.79 Å². The van der Waals surface area contributed by atoms with E-state index in [0.717, 1.165) is 44.1 Å². The molecule has 0 amide bonds. The van der Waals surface area contributed by atoms with Crippen LogP contribution >= 0.6 is 31.0 Å². The summed E-state index contributed by atoms with van der Waals surface area (Å²) in [5, 5.41) is 12.0. The minimum Gasteiger partial charge on any atom is -0.477 e. The van der Waals surface area contributed by atoms with Gasteiger partial charge in [-0.3, -0.25) is 4.98 Å². The third-order valence-corrected chi connectivity index (χ3v) is 10.1. The van der Waals surface area contributed by atoms with Gasteiger partial charge < -0.3 is 14.2 Å². The number of anilines is 1. The highest BCUT2D eigenvalue weighted by Gasteiger charge is 2.28. The number of benzene rings is 2. The molecule has 1 atom stereocenters. The van der Waals surface area contributed by atoms with Crippen molar-refractivity contribution in [2.24, 2.45) is 0 Å². The molecule has 0 aliphatic carbocycles. The number of furan rings is 1. The summed E-state index contributed by atoms with van der Waals surface area (Å²) in [5.41, 5.74) is 5.32. The highest BCUT2D eigenvalue weighted by molar-refractivity contribution is 7.66. The average Bonchev–Trinajstić information content (AvgIpc) is 3.55. The van der Waals surface area contributed by atoms with Gasteiger partial charge in [0.1, 0.15) is 16.2 Å². The Morgan fingerprint density at radius 3 is 2.36 bits per heavy atom. The summed E-state index contributed by atoms with van der Waals surface area (Å²) < 4.78 is 8.19. The van der Waals surface area contributed by atoms with Crippen molar-refractivity contribution in [3.8, 4) is 21.8 Å². The molecule has 2 aromatic carbocycles. The van der Waals surface area contributed by atoms with Gasteiger partial charge in [0.25, 0.3) is 0 Å². The maximum Gasteiger partial charge on any atom is 0.348 e. The topological polar surface area (TPSA) is 66.6 Å². The summed E-state index contributed by atoms with van der Waals surface area (Å²) in [4.78, 5) is 17.9. The number of fused-ring (bicyclic) bond motifs is 1. The van der Waals surface area contributed by atoms with E-state index in [1.165, 1.54) is 16.6 Å². The molecular weight excluding hydrogens is 547 g/mol. The van der Waals surface area contributed by atoms with Crippen LogP contribution in [0, 0.1) is 6.92 Å². The van der Waals surface area contributed by atoms with Crippen molar-refractivity contribution >= 4 is 59.1 Å². The van der Waals surface area contributed by atoms with E-state index < -0.39 is 14.0 Å². The fourth-order valence-corrected chi connectivity index (χ4v) is 8.10. The van der Waals surface area contributed by atoms with Crippen LogP contribution in [0.2, 0.25) is 5.02 Å². The molecule has 0 saturated heterocycles. The van der Waals surface area contributed by atoms with Crippen LogP contribution in [0.3, 0.4) is 0 Å². The van der Waals surface area contributed by atoms with Crippen molar-refractivity contribution in [1.29, 1.82) is 0 Å². The third kappa shape index (κ3) is 6.04. The number of aromatic nitrogens is 1. The number of rotatable bonds is 7. The van der Waals surface area contributed by atoms with Gasteiger partial charge in [-0.1, -0.05) is 55.8 Å². The second-order valence-electron chi connectivity index (χ2n) is 9.10. The van der Waals surface area contributed by atoms with E-state index in [9.17, 15) is 9.90 Å². The monoisotopic (exact) mass is 578 g/mol. The average molecular weight is 579 g/mol. The van der Waals surface area contributed by atoms with Gasteiger partial charge in [-0.15, -0.1) is 11.3 Å². The molecule has 0 aliphatic heterocycles. The summed E-state index contributed by atoms with van der Waals surface area (Å²) in [5.74, 6) is -0.168. The normalized spacial score (nSPS) is 11.8. The molecular formula is C31H32ClN2O3PS. The van der Waals surface area contributed by atoms with E-state index in [4.69, 9.17) is 16.0 Å². The Morgan fingerprint density at radius 1 is 1.05 bits per heavy atom. The second kappa shape index (κ2) is 12.3. The Kier molecular flexibility index (Phi) is 9.12. The van der Waals surface area contributed by atoms with Gasteiger partial charge in [0.2, 0.25) is 0 Å². The fraction of sp³-hybridized carbons (Fsp3) is 0.226. The Bertz CT molecular complexity index is 1560. The van der Waals surface area contributed by atoms with Crippen LogP contribution in [-0.4, -0.2) is 28.8 Å². The lowest BCUT2D eigenvalue weighted by Crippen LogP contribution is -2.30. The molecule has 0 fully saturated rings. The van der Waals surface area contributed by atoms with E-state index in [-0.39, 0.29) is 6.04 Å². The molecule has 0 aliphatic rings. The molecule has 1 unspecified atom stereocenters. The second-order valence-corrected chi connectivity index (χ2v) is 12.5. The fourth-order valence-electron chi connectivity index (χ4n) is 4.54. The molecule has 0 radical (unpaired) electrons. The lowest BCUT2D eigenvalue weighted by Gasteiger charge is -2.35. The van der Waals surface area contributed by atoms with Crippen LogP contribution in [-0.2, 0) is 0 Å². The minimum absolute atomic E-state index is 0.107. The van der Waals surface area contributed by atoms with Gasteiger partial charge in [-0.2, -0.15) is 0 Å². The maximum atomic E-state index is 12.3. The quantitative estimate of drug-likeness (QED) is 0.195. The van der Waals surface area contributed by atoms with Gasteiger partial charge in [-0.05, 0) is 74.2 Å². The molecule has 1 N–H and O–H groups in total. The first-order valence-electron chi connectivity index (χ1n) is 12.8. The summed E-state index contributed by atoms with van der Waals surface area (Å²) >= 11 is 7.50. The molecule has 0 bridgehead atoms. The van der Waals surface area contributed by atoms with Gasteiger partial charge in [0, 0.05) is 41.8 Å². The molecule has 0 saturated carbocycles. The largest absolute Gasteiger partial charge is 0.477 e. The zero-order valence-electron chi connectivity index (χ0n) is 22.9. The highest BCUT2D eigenvalue weighted by Crippen LogP contribution is 2.48. The van der Waals surface area contributed by atoms with E-state index in [2.05, 4.69) is 43.2 Å². The Morgan fingerprint density at radius 2 is 1.74 bits per heavy atom. The summed E-state index contributed by atoms with van der Waals surface area (Å²) in [7, 11) is -0.831. The number of hydrogen-bond acceptors (Lipinski definition) is 5. The van der Waals surface area contributed by atoms with E-state index in [0.29, 0.717) is 9.90 Å². The smallest absolute Gasteiger partial charge is 0.348 e. The number of aromatic carboxylic acids is 1. The van der Waals surface area contributed by atoms with Gasteiger partial charge >= 0.3 is 5.97 Å². The molecule has 39 heavy (non-hydrogen) atoms. The van der Waals surface area contributed by atoms with Crippen molar-refractivity contribution in [3.63, 3.8) is 0 Å². The molecule has 3 aromatic heterocycles. The number of carboxylic acid groups (broad SMARTS) is 1. The number of pyridine rings is 1. The molecule has 0 spiro atoms. The number of halogens is 1. The van der Waals surface area contributed by atoms with Crippen LogP contribution in [0.5, 0.6) is 0 Å². The van der Waals surface area contributed by atoms with Crippen molar-refractivity contribution in [2.45, 2.75) is 40.7 Å². The Labute approximate surface area is 239 Å². The summed E-state index contributed by atoms with van der Waals surface area (Å²) in [6, 6.07) is 21.7. The first-order chi connectivity index (χ1) is 18.7. The lowest BCUT2D eigenvalue weighted by atomic mass is 10.1. The SMILES string of the molecule is CC.Cc1cc(Cl)ccc1P(C)N(c1cc(-c2ccc(-c3cc4ncccc4o3)cc2)sc1C(=O)O)C(C)C. The van der Waals surface area contributed by atoms with Gasteiger partial charge in [0.15, 0.2) is 5.58 Å². The molecule has 5 rings (SSSR count). The molecule has 8 heteroatoms. The van der Waals surface area contributed by atoms with Crippen LogP contribution in [0.15, 0.2) is 77.3 Å². The predicted molar refractivity (Wildman–Crippen MR) is 167 cm³/mol. The van der Waals surface area contributed by atoms with E-state index >= 15 is 0 Å². The molecule has 202 valence electrons. The maximum absolute atomic E-state index is 12.3. The standard InChI is InChI=1S/C29H26ClN2O3PS.C2H6/c1-17(2)32(36(4)26-12-11-21(30)14-18(26)3)23-16-27(37-28(23)29(33)34)20-9-7-19(8-10-20)25-15-22-24(35-25)6-5-13-31-22;1-2/h5-17H,1-4H3,(H,33,34);1-2H3. The Balaban J connectivity index is 0.00000172. The minimum atomic E-state index is -0.917. The Hall–Kier alpha value is -3.18. The first-order valence-corrected chi connectivity index (χ1v) is 15.8. The van der Waals surface area contributed by atoms with E-state index in [1.807, 2.05) is 74.5 Å².